The molecule has 0 aromatic carbocycles. The van der Waals surface area contributed by atoms with Crippen LogP contribution in [0.2, 0.25) is 5.28 Å². The second-order valence-corrected chi connectivity index (χ2v) is 13.5. The molecule has 16 heteroatoms. The van der Waals surface area contributed by atoms with E-state index in [4.69, 9.17) is 36.8 Å². The topological polar surface area (TPSA) is 164 Å². The number of hydrogen-bond donors (Lipinski definition) is 1. The van der Waals surface area contributed by atoms with Crippen LogP contribution in [0.3, 0.4) is 0 Å². The van der Waals surface area contributed by atoms with Crippen LogP contribution >= 0.6 is 11.6 Å². The highest BCUT2D eigenvalue weighted by atomic mass is 35.5. The van der Waals surface area contributed by atoms with Gasteiger partial charge < -0.3 is 34.1 Å². The van der Waals surface area contributed by atoms with Crippen LogP contribution in [-0.4, -0.2) is 101 Å². The predicted octanol–water partition coefficient (Wildman–Crippen LogP) is 4.11. The van der Waals surface area contributed by atoms with Crippen LogP contribution in [0, 0.1) is 11.8 Å². The minimum absolute atomic E-state index is 0.211. The number of nitrogens with two attached hydrogens (primary N) is 1. The van der Waals surface area contributed by atoms with Crippen molar-refractivity contribution < 1.29 is 9.47 Å². The summed E-state index contributed by atoms with van der Waals surface area (Å²) in [6.45, 7) is 18.9. The zero-order valence-corrected chi connectivity index (χ0v) is 29.2. The Kier molecular flexibility index (Phi) is 10.2. The molecule has 2 aliphatic rings. The molecule has 0 bridgehead atoms. The van der Waals surface area contributed by atoms with Crippen LogP contribution in [0.5, 0.6) is 0 Å². The van der Waals surface area contributed by atoms with Gasteiger partial charge >= 0.3 is 0 Å². The number of anilines is 3. The Bertz CT molecular complexity index is 1840. The summed E-state index contributed by atoms with van der Waals surface area (Å²) in [7, 11) is 0. The van der Waals surface area contributed by atoms with Crippen molar-refractivity contribution in [1.82, 2.24) is 49.0 Å². The lowest BCUT2D eigenvalue weighted by Crippen LogP contribution is -2.44. The molecule has 2 saturated heterocycles. The Hall–Kier alpha value is -4.21. The SMILES string of the molecule is CC(C)Cn1cnc2c(N3CCOC[C@@H]3C)nc(-c3cnc(N)nc3)nc21.CC(C)Cn1cnc2c(N3CCOC[C@@H]3C)nc(Cl)nc21. The lowest BCUT2D eigenvalue weighted by molar-refractivity contribution is 0.0986. The number of halogens is 1. The van der Waals surface area contributed by atoms with Crippen molar-refractivity contribution in [3.8, 4) is 11.4 Å². The number of nitrogen functional groups attached to an aromatic ring is 1. The van der Waals surface area contributed by atoms with E-state index in [0.29, 0.717) is 44.1 Å². The normalized spacial score (nSPS) is 18.6. The highest BCUT2D eigenvalue weighted by molar-refractivity contribution is 6.28. The highest BCUT2D eigenvalue weighted by Gasteiger charge is 2.27. The van der Waals surface area contributed by atoms with Crippen LogP contribution < -0.4 is 15.5 Å². The van der Waals surface area contributed by atoms with Crippen molar-refractivity contribution in [2.75, 3.05) is 55.1 Å². The average molecular weight is 678 g/mol. The molecule has 2 N–H and O–H groups in total. The van der Waals surface area contributed by atoms with E-state index in [9.17, 15) is 0 Å². The molecule has 256 valence electrons. The number of hydrogen-bond acceptors (Lipinski definition) is 13. The Labute approximate surface area is 284 Å². The van der Waals surface area contributed by atoms with Crippen LogP contribution in [0.25, 0.3) is 33.7 Å². The Morgan fingerprint density at radius 1 is 0.750 bits per heavy atom. The number of fused-ring (bicyclic) bond motifs is 2. The zero-order valence-electron chi connectivity index (χ0n) is 28.4. The van der Waals surface area contributed by atoms with Crippen LogP contribution in [0.1, 0.15) is 41.5 Å². The first-order valence-corrected chi connectivity index (χ1v) is 16.8. The van der Waals surface area contributed by atoms with Crippen molar-refractivity contribution in [2.45, 2.75) is 66.7 Å². The fourth-order valence-corrected chi connectivity index (χ4v) is 6.11. The molecule has 0 spiro atoms. The first kappa shape index (κ1) is 33.7. The molecule has 7 heterocycles. The number of ether oxygens (including phenoxy) is 2. The Balaban J connectivity index is 0.000000173. The summed E-state index contributed by atoms with van der Waals surface area (Å²) in [6.07, 6.45) is 6.97. The van der Waals surface area contributed by atoms with Crippen molar-refractivity contribution in [1.29, 1.82) is 0 Å². The molecular formula is C32H44ClN13O2. The molecule has 0 unspecified atom stereocenters. The molecule has 2 atom stereocenters. The maximum absolute atomic E-state index is 6.13. The van der Waals surface area contributed by atoms with Crippen LogP contribution in [0.4, 0.5) is 17.6 Å². The van der Waals surface area contributed by atoms with Crippen LogP contribution in [-0.2, 0) is 22.6 Å². The van der Waals surface area contributed by atoms with Gasteiger partial charge in [0.15, 0.2) is 39.8 Å². The van der Waals surface area contributed by atoms with Crippen LogP contribution in [0.15, 0.2) is 25.0 Å². The summed E-state index contributed by atoms with van der Waals surface area (Å²) in [5.41, 5.74) is 9.60. The summed E-state index contributed by atoms with van der Waals surface area (Å²) in [5.74, 6) is 3.43. The fourth-order valence-electron chi connectivity index (χ4n) is 5.95. The van der Waals surface area contributed by atoms with Crippen molar-refractivity contribution in [3.05, 3.63) is 30.3 Å². The minimum atomic E-state index is 0.211. The molecular weight excluding hydrogens is 634 g/mol. The standard InChI is InChI=1S/C18H24N8O.C14H20ClN5O/c1-11(2)8-25-10-22-14-16(25)23-15(13-6-20-18(19)21-7-13)24-17(14)26-4-5-27-9-12(26)3;1-9(2)6-19-8-16-11-12(19)17-14(15)18-13(11)20-4-5-21-7-10(20)3/h6-7,10-12H,4-5,8-9H2,1-3H3,(H2,19,20,21);8-10H,4-7H2,1-3H3/t12-;10-/m00/s1. The number of morpholine rings is 2. The van der Waals surface area contributed by atoms with E-state index in [2.05, 4.69) is 85.8 Å². The summed E-state index contributed by atoms with van der Waals surface area (Å²) in [6, 6.07) is 0.464. The second kappa shape index (κ2) is 14.5. The zero-order chi connectivity index (χ0) is 33.9. The first-order chi connectivity index (χ1) is 23.1. The molecule has 48 heavy (non-hydrogen) atoms. The van der Waals surface area contributed by atoms with Gasteiger partial charge in [-0.3, -0.25) is 0 Å². The first-order valence-electron chi connectivity index (χ1n) is 16.5. The van der Waals surface area contributed by atoms with E-state index in [1.54, 1.807) is 12.4 Å². The third kappa shape index (κ3) is 7.27. The van der Waals surface area contributed by atoms with Gasteiger partial charge in [-0.05, 0) is 37.3 Å². The Morgan fingerprint density at radius 2 is 1.25 bits per heavy atom. The smallest absolute Gasteiger partial charge is 0.226 e. The molecule has 7 rings (SSSR count). The van der Waals surface area contributed by atoms with Gasteiger partial charge in [0, 0.05) is 38.6 Å². The summed E-state index contributed by atoms with van der Waals surface area (Å²) >= 11 is 6.13. The van der Waals surface area contributed by atoms with E-state index in [0.717, 1.165) is 65.7 Å². The monoisotopic (exact) mass is 677 g/mol. The van der Waals surface area contributed by atoms with Gasteiger partial charge in [-0.15, -0.1) is 0 Å². The lowest BCUT2D eigenvalue weighted by atomic mass is 10.2. The Morgan fingerprint density at radius 3 is 1.75 bits per heavy atom. The molecule has 0 saturated carbocycles. The molecule has 2 aliphatic heterocycles. The summed E-state index contributed by atoms with van der Waals surface area (Å²) < 4.78 is 15.2. The maximum Gasteiger partial charge on any atom is 0.226 e. The van der Waals surface area contributed by atoms with Gasteiger partial charge in [-0.25, -0.2) is 29.9 Å². The van der Waals surface area contributed by atoms with Crippen molar-refractivity contribution in [2.24, 2.45) is 11.8 Å². The fraction of sp³-hybridized carbons (Fsp3) is 0.562. The summed E-state index contributed by atoms with van der Waals surface area (Å²) in [5, 5.41) is 0.265. The van der Waals surface area contributed by atoms with Crippen molar-refractivity contribution in [3.63, 3.8) is 0 Å². The lowest BCUT2D eigenvalue weighted by Gasteiger charge is -2.34. The maximum atomic E-state index is 6.13. The highest BCUT2D eigenvalue weighted by Crippen LogP contribution is 2.30. The van der Waals surface area contributed by atoms with Gasteiger partial charge in [-0.1, -0.05) is 27.7 Å². The molecule has 15 nitrogen and oxygen atoms in total. The number of aromatic nitrogens is 10. The van der Waals surface area contributed by atoms with Gasteiger partial charge in [0.1, 0.15) is 0 Å². The number of nitrogens with zero attached hydrogens (tertiary/aromatic N) is 12. The third-order valence-corrected chi connectivity index (χ3v) is 8.37. The third-order valence-electron chi connectivity index (χ3n) is 8.20. The molecule has 2 fully saturated rings. The van der Waals surface area contributed by atoms with Gasteiger partial charge in [0.25, 0.3) is 0 Å². The van der Waals surface area contributed by atoms with Gasteiger partial charge in [-0.2, -0.15) is 9.97 Å². The van der Waals surface area contributed by atoms with E-state index in [1.807, 2.05) is 17.2 Å². The molecule has 0 aliphatic carbocycles. The minimum Gasteiger partial charge on any atom is -0.377 e. The quantitative estimate of drug-likeness (QED) is 0.245. The van der Waals surface area contributed by atoms with Gasteiger partial charge in [0.05, 0.1) is 56.7 Å². The molecule has 0 amide bonds. The second-order valence-electron chi connectivity index (χ2n) is 13.2. The summed E-state index contributed by atoms with van der Waals surface area (Å²) in [4.78, 5) is 40.1. The number of imidazole rings is 2. The van der Waals surface area contributed by atoms with Gasteiger partial charge in [0.2, 0.25) is 11.2 Å². The largest absolute Gasteiger partial charge is 0.377 e. The van der Waals surface area contributed by atoms with E-state index in [-0.39, 0.29) is 23.3 Å². The molecule has 0 radical (unpaired) electrons. The van der Waals surface area contributed by atoms with Crippen molar-refractivity contribution >= 4 is 51.5 Å². The van der Waals surface area contributed by atoms with E-state index >= 15 is 0 Å². The average Bonchev–Trinajstić information content (AvgIpc) is 3.64. The number of rotatable bonds is 7. The molecule has 5 aromatic rings. The predicted molar refractivity (Wildman–Crippen MR) is 186 cm³/mol. The van der Waals surface area contributed by atoms with E-state index in [1.165, 1.54) is 0 Å². The van der Waals surface area contributed by atoms with E-state index < -0.39 is 0 Å². The molecule has 5 aromatic heterocycles.